The minimum Gasteiger partial charge on any atom is -0.495 e. The first-order chi connectivity index (χ1) is 9.51. The lowest BCUT2D eigenvalue weighted by atomic mass is 10.2. The van der Waals surface area contributed by atoms with Crippen molar-refractivity contribution in [3.8, 4) is 5.75 Å². The highest BCUT2D eigenvalue weighted by molar-refractivity contribution is 6.42. The van der Waals surface area contributed by atoms with E-state index in [4.69, 9.17) is 39.5 Å². The van der Waals surface area contributed by atoms with Crippen LogP contribution in [-0.4, -0.2) is 7.11 Å². The zero-order valence-corrected chi connectivity index (χ0v) is 13.4. The predicted octanol–water partition coefficient (Wildman–Crippen LogP) is 5.58. The molecule has 0 atom stereocenters. The molecule has 0 bridgehead atoms. The summed E-state index contributed by atoms with van der Waals surface area (Å²) in [5.41, 5.74) is 2.92. The number of rotatable bonds is 4. The van der Waals surface area contributed by atoms with Gasteiger partial charge in [-0.2, -0.15) is 0 Å². The SMILES string of the molecule is COc1cc(Cl)c(C)cc1NCc1ccc(Cl)c(Cl)c1. The van der Waals surface area contributed by atoms with Gasteiger partial charge < -0.3 is 10.1 Å². The van der Waals surface area contributed by atoms with Crippen LogP contribution in [0.3, 0.4) is 0 Å². The van der Waals surface area contributed by atoms with Gasteiger partial charge in [-0.3, -0.25) is 0 Å². The van der Waals surface area contributed by atoms with Crippen molar-refractivity contribution in [3.63, 3.8) is 0 Å². The maximum atomic E-state index is 6.08. The van der Waals surface area contributed by atoms with Gasteiger partial charge in [0.15, 0.2) is 0 Å². The highest BCUT2D eigenvalue weighted by Gasteiger charge is 2.07. The Morgan fingerprint density at radius 1 is 1.00 bits per heavy atom. The van der Waals surface area contributed by atoms with Crippen LogP contribution in [0.4, 0.5) is 5.69 Å². The lowest BCUT2D eigenvalue weighted by Crippen LogP contribution is -2.02. The van der Waals surface area contributed by atoms with Gasteiger partial charge in [0.05, 0.1) is 22.8 Å². The monoisotopic (exact) mass is 329 g/mol. The number of hydrogen-bond donors (Lipinski definition) is 1. The highest BCUT2D eigenvalue weighted by atomic mass is 35.5. The van der Waals surface area contributed by atoms with Crippen LogP contribution in [0.1, 0.15) is 11.1 Å². The maximum absolute atomic E-state index is 6.08. The Balaban J connectivity index is 2.18. The Hall–Kier alpha value is -1.09. The molecule has 0 saturated heterocycles. The molecule has 20 heavy (non-hydrogen) atoms. The molecule has 2 aromatic carbocycles. The van der Waals surface area contributed by atoms with Crippen molar-refractivity contribution in [2.75, 3.05) is 12.4 Å². The van der Waals surface area contributed by atoms with Crippen LogP contribution in [0.25, 0.3) is 0 Å². The molecule has 1 N–H and O–H groups in total. The summed E-state index contributed by atoms with van der Waals surface area (Å²) in [7, 11) is 1.62. The standard InChI is InChI=1S/C15H14Cl3NO/c1-9-5-14(15(20-2)7-12(9)17)19-8-10-3-4-11(16)13(18)6-10/h3-7,19H,8H2,1-2H3. The van der Waals surface area contributed by atoms with Gasteiger partial charge in [0, 0.05) is 17.6 Å². The number of hydrogen-bond acceptors (Lipinski definition) is 2. The Morgan fingerprint density at radius 3 is 2.40 bits per heavy atom. The van der Waals surface area contributed by atoms with E-state index >= 15 is 0 Å². The number of benzene rings is 2. The minimum absolute atomic E-state index is 0.546. The van der Waals surface area contributed by atoms with Crippen LogP contribution in [0.2, 0.25) is 15.1 Å². The van der Waals surface area contributed by atoms with Gasteiger partial charge in [0.25, 0.3) is 0 Å². The molecule has 106 valence electrons. The highest BCUT2D eigenvalue weighted by Crippen LogP contribution is 2.31. The van der Waals surface area contributed by atoms with Gasteiger partial charge in [-0.15, -0.1) is 0 Å². The van der Waals surface area contributed by atoms with Crippen LogP contribution in [-0.2, 0) is 6.54 Å². The summed E-state index contributed by atoms with van der Waals surface area (Å²) < 4.78 is 5.32. The molecule has 0 spiro atoms. The van der Waals surface area contributed by atoms with E-state index in [1.165, 1.54) is 0 Å². The van der Waals surface area contributed by atoms with Crippen molar-refractivity contribution in [3.05, 3.63) is 56.5 Å². The lowest BCUT2D eigenvalue weighted by Gasteiger charge is -2.13. The van der Waals surface area contributed by atoms with Crippen LogP contribution in [0, 0.1) is 6.92 Å². The second kappa shape index (κ2) is 6.57. The van der Waals surface area contributed by atoms with E-state index in [0.717, 1.165) is 16.8 Å². The summed E-state index contributed by atoms with van der Waals surface area (Å²) in [4.78, 5) is 0. The van der Waals surface area contributed by atoms with E-state index in [0.29, 0.717) is 27.4 Å². The van der Waals surface area contributed by atoms with Crippen molar-refractivity contribution in [2.45, 2.75) is 13.5 Å². The molecule has 0 unspecified atom stereocenters. The Morgan fingerprint density at radius 2 is 1.75 bits per heavy atom. The molecule has 0 heterocycles. The van der Waals surface area contributed by atoms with E-state index in [2.05, 4.69) is 5.32 Å². The number of halogens is 3. The topological polar surface area (TPSA) is 21.3 Å². The summed E-state index contributed by atoms with van der Waals surface area (Å²) >= 11 is 18.0. The molecule has 5 heteroatoms. The van der Waals surface area contributed by atoms with Crippen molar-refractivity contribution in [1.29, 1.82) is 0 Å². The van der Waals surface area contributed by atoms with Crippen LogP contribution >= 0.6 is 34.8 Å². The predicted molar refractivity (Wildman–Crippen MR) is 86.5 cm³/mol. The third-order valence-corrected chi connectivity index (χ3v) is 4.09. The molecule has 0 amide bonds. The molecular formula is C15H14Cl3NO. The van der Waals surface area contributed by atoms with E-state index in [-0.39, 0.29) is 0 Å². The van der Waals surface area contributed by atoms with E-state index in [9.17, 15) is 0 Å². The Labute approximate surface area is 133 Å². The van der Waals surface area contributed by atoms with Crippen LogP contribution < -0.4 is 10.1 Å². The fourth-order valence-electron chi connectivity index (χ4n) is 1.82. The summed E-state index contributed by atoms with van der Waals surface area (Å²) in [6.45, 7) is 2.57. The van der Waals surface area contributed by atoms with Crippen molar-refractivity contribution >= 4 is 40.5 Å². The quantitative estimate of drug-likeness (QED) is 0.790. The van der Waals surface area contributed by atoms with Crippen molar-refractivity contribution in [1.82, 2.24) is 0 Å². The maximum Gasteiger partial charge on any atom is 0.143 e. The zero-order chi connectivity index (χ0) is 14.7. The molecular weight excluding hydrogens is 317 g/mol. The van der Waals surface area contributed by atoms with E-state index in [1.807, 2.05) is 25.1 Å². The molecule has 2 nitrogen and oxygen atoms in total. The van der Waals surface area contributed by atoms with E-state index < -0.39 is 0 Å². The number of ether oxygens (including phenoxy) is 1. The van der Waals surface area contributed by atoms with Crippen molar-refractivity contribution in [2.24, 2.45) is 0 Å². The number of anilines is 1. The third-order valence-electron chi connectivity index (χ3n) is 2.95. The first-order valence-corrected chi connectivity index (χ1v) is 7.16. The number of aryl methyl sites for hydroxylation is 1. The molecule has 0 aromatic heterocycles. The van der Waals surface area contributed by atoms with Crippen molar-refractivity contribution < 1.29 is 4.74 Å². The zero-order valence-electron chi connectivity index (χ0n) is 11.1. The Kier molecular flexibility index (Phi) is 5.03. The van der Waals surface area contributed by atoms with Gasteiger partial charge in [0.1, 0.15) is 5.75 Å². The van der Waals surface area contributed by atoms with Gasteiger partial charge >= 0.3 is 0 Å². The first-order valence-electron chi connectivity index (χ1n) is 6.03. The van der Waals surface area contributed by atoms with Gasteiger partial charge in [-0.25, -0.2) is 0 Å². The second-order valence-corrected chi connectivity index (χ2v) is 5.63. The van der Waals surface area contributed by atoms with Crippen LogP contribution in [0.15, 0.2) is 30.3 Å². The number of methoxy groups -OCH3 is 1. The molecule has 0 aliphatic carbocycles. The Bertz CT molecular complexity index is 629. The fraction of sp³-hybridized carbons (Fsp3) is 0.200. The molecule has 0 saturated carbocycles. The molecule has 0 aliphatic heterocycles. The van der Waals surface area contributed by atoms with Gasteiger partial charge in [0.2, 0.25) is 0 Å². The summed E-state index contributed by atoms with van der Waals surface area (Å²) in [6, 6.07) is 9.31. The summed E-state index contributed by atoms with van der Waals surface area (Å²) in [6.07, 6.45) is 0. The fourth-order valence-corrected chi connectivity index (χ4v) is 2.29. The summed E-state index contributed by atoms with van der Waals surface area (Å²) in [5.74, 6) is 0.709. The molecule has 0 fully saturated rings. The van der Waals surface area contributed by atoms with Gasteiger partial charge in [-0.1, -0.05) is 40.9 Å². The number of nitrogens with one attached hydrogen (secondary N) is 1. The van der Waals surface area contributed by atoms with Crippen LogP contribution in [0.5, 0.6) is 5.75 Å². The average molecular weight is 331 g/mol. The first kappa shape index (κ1) is 15.3. The second-order valence-electron chi connectivity index (χ2n) is 4.40. The molecule has 0 aliphatic rings. The molecule has 0 radical (unpaired) electrons. The van der Waals surface area contributed by atoms with E-state index in [1.54, 1.807) is 19.2 Å². The molecule has 2 aromatic rings. The average Bonchev–Trinajstić information content (AvgIpc) is 2.43. The normalized spacial score (nSPS) is 10.4. The largest absolute Gasteiger partial charge is 0.495 e. The lowest BCUT2D eigenvalue weighted by molar-refractivity contribution is 0.416. The third kappa shape index (κ3) is 3.51. The summed E-state index contributed by atoms with van der Waals surface area (Å²) in [5, 5.41) is 5.09. The molecule has 2 rings (SSSR count). The minimum atomic E-state index is 0.546. The smallest absolute Gasteiger partial charge is 0.143 e. The van der Waals surface area contributed by atoms with Gasteiger partial charge in [-0.05, 0) is 36.2 Å².